The molecule has 0 radical (unpaired) electrons. The number of fused-ring (bicyclic) bond motifs is 1. The van der Waals surface area contributed by atoms with E-state index in [-0.39, 0.29) is 13.0 Å². The number of esters is 1. The second-order valence-corrected chi connectivity index (χ2v) is 5.10. The number of carbonyl (C=O) groups excluding carboxylic acids is 4. The molecule has 0 fully saturated rings. The molecule has 7 nitrogen and oxygen atoms in total. The monoisotopic (exact) mass is 304 g/mol. The van der Waals surface area contributed by atoms with E-state index < -0.39 is 29.8 Å². The van der Waals surface area contributed by atoms with Gasteiger partial charge in [-0.3, -0.25) is 24.1 Å². The van der Waals surface area contributed by atoms with E-state index in [2.05, 4.69) is 0 Å². The maximum Gasteiger partial charge on any atom is 0.308 e. The molecule has 2 N–H and O–H groups in total. The summed E-state index contributed by atoms with van der Waals surface area (Å²) in [6, 6.07) is 4.98. The van der Waals surface area contributed by atoms with Crippen molar-refractivity contribution >= 4 is 23.7 Å². The molecule has 0 saturated carbocycles. The van der Waals surface area contributed by atoms with Crippen molar-refractivity contribution in [2.45, 2.75) is 26.4 Å². The fourth-order valence-corrected chi connectivity index (χ4v) is 2.12. The molecule has 116 valence electrons. The molecule has 1 unspecified atom stereocenters. The Bertz CT molecular complexity index is 668. The molecule has 0 aromatic heterocycles. The van der Waals surface area contributed by atoms with Crippen molar-refractivity contribution in [2.75, 3.05) is 6.54 Å². The van der Waals surface area contributed by atoms with Gasteiger partial charge in [-0.15, -0.1) is 0 Å². The summed E-state index contributed by atoms with van der Waals surface area (Å²) in [7, 11) is 0. The minimum Gasteiger partial charge on any atom is -0.453 e. The first-order chi connectivity index (χ1) is 10.3. The average molecular weight is 304 g/mol. The summed E-state index contributed by atoms with van der Waals surface area (Å²) in [4.78, 5) is 47.7. The summed E-state index contributed by atoms with van der Waals surface area (Å²) >= 11 is 0. The fraction of sp³-hybridized carbons (Fsp3) is 0.333. The van der Waals surface area contributed by atoms with E-state index in [1.165, 1.54) is 6.92 Å². The van der Waals surface area contributed by atoms with Gasteiger partial charge in [0, 0.05) is 6.54 Å². The van der Waals surface area contributed by atoms with Gasteiger partial charge in [-0.1, -0.05) is 11.6 Å². The maximum absolute atomic E-state index is 12.2. The van der Waals surface area contributed by atoms with Gasteiger partial charge in [-0.25, -0.2) is 0 Å². The van der Waals surface area contributed by atoms with Crippen molar-refractivity contribution in [2.24, 2.45) is 5.73 Å². The van der Waals surface area contributed by atoms with Crippen molar-refractivity contribution < 1.29 is 23.9 Å². The Balaban J connectivity index is 2.01. The van der Waals surface area contributed by atoms with Crippen LogP contribution in [0.1, 0.15) is 39.6 Å². The smallest absolute Gasteiger partial charge is 0.308 e. The molecule has 1 aromatic carbocycles. The highest BCUT2D eigenvalue weighted by atomic mass is 16.5. The first kappa shape index (κ1) is 15.7. The van der Waals surface area contributed by atoms with Crippen LogP contribution >= 0.6 is 0 Å². The zero-order valence-electron chi connectivity index (χ0n) is 12.3. The summed E-state index contributed by atoms with van der Waals surface area (Å²) in [6.07, 6.45) is -1.24. The first-order valence-corrected chi connectivity index (χ1v) is 6.77. The molecule has 3 amide bonds. The number of hydrogen-bond donors (Lipinski definition) is 1. The number of hydrogen-bond acceptors (Lipinski definition) is 5. The van der Waals surface area contributed by atoms with Gasteiger partial charge < -0.3 is 10.5 Å². The Hall–Kier alpha value is -2.70. The molecule has 0 spiro atoms. The normalized spacial score (nSPS) is 14.7. The molecule has 1 aromatic rings. The van der Waals surface area contributed by atoms with Crippen LogP contribution in [-0.2, 0) is 14.3 Å². The van der Waals surface area contributed by atoms with Crippen molar-refractivity contribution in [3.8, 4) is 0 Å². The first-order valence-electron chi connectivity index (χ1n) is 6.77. The predicted octanol–water partition coefficient (Wildman–Crippen LogP) is 0.398. The third-order valence-corrected chi connectivity index (χ3v) is 3.37. The lowest BCUT2D eigenvalue weighted by Crippen LogP contribution is -2.34. The van der Waals surface area contributed by atoms with Crippen LogP contribution < -0.4 is 5.73 Å². The van der Waals surface area contributed by atoms with Crippen LogP contribution in [0, 0.1) is 6.92 Å². The Morgan fingerprint density at radius 2 is 1.86 bits per heavy atom. The number of benzene rings is 1. The van der Waals surface area contributed by atoms with Crippen LogP contribution in [0.2, 0.25) is 0 Å². The SMILES string of the molecule is Cc1ccc2c(c1)C(=O)N(CCC(=O)OC(C)C(N)=O)C2=O. The number of ether oxygens (including phenoxy) is 1. The van der Waals surface area contributed by atoms with Crippen molar-refractivity contribution in [3.63, 3.8) is 0 Å². The molecule has 2 rings (SSSR count). The zero-order chi connectivity index (χ0) is 16.4. The second-order valence-electron chi connectivity index (χ2n) is 5.10. The topological polar surface area (TPSA) is 107 Å². The number of amides is 3. The van der Waals surface area contributed by atoms with E-state index in [1.54, 1.807) is 18.2 Å². The number of carbonyl (C=O) groups is 4. The highest BCUT2D eigenvalue weighted by Gasteiger charge is 2.35. The van der Waals surface area contributed by atoms with E-state index >= 15 is 0 Å². The third kappa shape index (κ3) is 2.98. The van der Waals surface area contributed by atoms with Gasteiger partial charge in [0.05, 0.1) is 17.5 Å². The summed E-state index contributed by atoms with van der Waals surface area (Å²) < 4.78 is 4.78. The number of aryl methyl sites for hydroxylation is 1. The number of nitrogens with zero attached hydrogens (tertiary/aromatic N) is 1. The molecule has 22 heavy (non-hydrogen) atoms. The molecule has 0 bridgehead atoms. The maximum atomic E-state index is 12.2. The lowest BCUT2D eigenvalue weighted by atomic mass is 10.1. The van der Waals surface area contributed by atoms with Gasteiger partial charge in [0.15, 0.2) is 6.10 Å². The number of nitrogens with two attached hydrogens (primary N) is 1. The lowest BCUT2D eigenvalue weighted by molar-refractivity contribution is -0.153. The molecule has 0 aliphatic carbocycles. The van der Waals surface area contributed by atoms with E-state index in [1.807, 2.05) is 6.92 Å². The summed E-state index contributed by atoms with van der Waals surface area (Å²) in [5, 5.41) is 0. The number of rotatable bonds is 5. The second kappa shape index (κ2) is 5.97. The van der Waals surface area contributed by atoms with E-state index in [0.29, 0.717) is 11.1 Å². The Morgan fingerprint density at radius 1 is 1.23 bits per heavy atom. The third-order valence-electron chi connectivity index (χ3n) is 3.37. The van der Waals surface area contributed by atoms with Crippen LogP contribution in [0.25, 0.3) is 0 Å². The van der Waals surface area contributed by atoms with Crippen LogP contribution in [0.4, 0.5) is 0 Å². The summed E-state index contributed by atoms with van der Waals surface area (Å²) in [5.74, 6) is -2.32. The quantitative estimate of drug-likeness (QED) is 0.626. The molecule has 1 aliphatic heterocycles. The molecule has 1 atom stereocenters. The summed E-state index contributed by atoms with van der Waals surface area (Å²) in [5.41, 5.74) is 6.52. The molecule has 0 saturated heterocycles. The van der Waals surface area contributed by atoms with E-state index in [4.69, 9.17) is 10.5 Å². The standard InChI is InChI=1S/C15H16N2O5/c1-8-3-4-10-11(7-8)15(21)17(14(10)20)6-5-12(18)22-9(2)13(16)19/h3-4,7,9H,5-6H2,1-2H3,(H2,16,19). The number of imide groups is 1. The predicted molar refractivity (Wildman–Crippen MR) is 75.9 cm³/mol. The average Bonchev–Trinajstić information content (AvgIpc) is 2.68. The van der Waals surface area contributed by atoms with Gasteiger partial charge in [-0.2, -0.15) is 0 Å². The van der Waals surface area contributed by atoms with Gasteiger partial charge >= 0.3 is 5.97 Å². The Morgan fingerprint density at radius 3 is 2.50 bits per heavy atom. The fourth-order valence-electron chi connectivity index (χ4n) is 2.12. The van der Waals surface area contributed by atoms with Gasteiger partial charge in [0.2, 0.25) is 0 Å². The van der Waals surface area contributed by atoms with Crippen molar-refractivity contribution in [3.05, 3.63) is 34.9 Å². The van der Waals surface area contributed by atoms with E-state index in [9.17, 15) is 19.2 Å². The van der Waals surface area contributed by atoms with Crippen molar-refractivity contribution in [1.82, 2.24) is 4.90 Å². The minimum atomic E-state index is -1.04. The van der Waals surface area contributed by atoms with Gasteiger partial charge in [0.25, 0.3) is 17.7 Å². The molecule has 1 aliphatic rings. The molecule has 7 heteroatoms. The van der Waals surface area contributed by atoms with Gasteiger partial charge in [-0.05, 0) is 26.0 Å². The molecule has 1 heterocycles. The van der Waals surface area contributed by atoms with Gasteiger partial charge in [0.1, 0.15) is 0 Å². The van der Waals surface area contributed by atoms with Crippen LogP contribution in [0.5, 0.6) is 0 Å². The molecular weight excluding hydrogens is 288 g/mol. The lowest BCUT2D eigenvalue weighted by Gasteiger charge is -2.14. The largest absolute Gasteiger partial charge is 0.453 e. The van der Waals surface area contributed by atoms with E-state index in [0.717, 1.165) is 10.5 Å². The van der Waals surface area contributed by atoms with Crippen LogP contribution in [-0.4, -0.2) is 41.2 Å². The summed E-state index contributed by atoms with van der Waals surface area (Å²) in [6.45, 7) is 3.07. The van der Waals surface area contributed by atoms with Crippen molar-refractivity contribution in [1.29, 1.82) is 0 Å². The highest BCUT2D eigenvalue weighted by Crippen LogP contribution is 2.23. The molecular formula is C15H16N2O5. The Kier molecular flexibility index (Phi) is 4.25. The number of primary amides is 1. The van der Waals surface area contributed by atoms with Crippen LogP contribution in [0.15, 0.2) is 18.2 Å². The highest BCUT2D eigenvalue weighted by molar-refractivity contribution is 6.21. The Labute approximate surface area is 127 Å². The zero-order valence-corrected chi connectivity index (χ0v) is 12.3. The van der Waals surface area contributed by atoms with Crippen LogP contribution in [0.3, 0.4) is 0 Å². The minimum absolute atomic E-state index is 0.101.